The maximum absolute atomic E-state index is 11.6. The number of hydrogen-bond donors (Lipinski definition) is 2. The van der Waals surface area contributed by atoms with Gasteiger partial charge in [0.2, 0.25) is 5.91 Å². The van der Waals surface area contributed by atoms with E-state index in [2.05, 4.69) is 0 Å². The van der Waals surface area contributed by atoms with Crippen LogP contribution >= 0.6 is 0 Å². The number of aliphatic hydroxyl groups is 1. The van der Waals surface area contributed by atoms with Crippen molar-refractivity contribution in [2.75, 3.05) is 0 Å². The van der Waals surface area contributed by atoms with Gasteiger partial charge in [0, 0.05) is 0 Å². The average Bonchev–Trinajstić information content (AvgIpc) is 2.38. The van der Waals surface area contributed by atoms with Gasteiger partial charge in [-0.25, -0.2) is 4.79 Å². The molecule has 1 saturated heterocycles. The second kappa shape index (κ2) is 6.19. The summed E-state index contributed by atoms with van der Waals surface area (Å²) in [6, 6.07) is -0.177. The third-order valence-corrected chi connectivity index (χ3v) is 3.15. The molecule has 0 radical (unpaired) electrons. The van der Waals surface area contributed by atoms with Gasteiger partial charge in [0.25, 0.3) is 0 Å². The number of fused-ring (bicyclic) bond motifs is 1. The van der Waals surface area contributed by atoms with Crippen molar-refractivity contribution in [3.8, 4) is 0 Å². The molecule has 2 aliphatic rings. The number of β-lactam (4-membered cyclic amide) rings is 1. The van der Waals surface area contributed by atoms with Crippen LogP contribution in [0.2, 0.25) is 0 Å². The number of aliphatic carboxylic acids is 1. The molecule has 17 heavy (non-hydrogen) atoms. The van der Waals surface area contributed by atoms with Crippen molar-refractivity contribution in [2.45, 2.75) is 26.0 Å². The van der Waals surface area contributed by atoms with Gasteiger partial charge in [-0.1, -0.05) is 6.92 Å². The molecule has 1 amide bonds. The van der Waals surface area contributed by atoms with Crippen LogP contribution in [0.25, 0.3) is 0 Å². The molecule has 7 heteroatoms. The Balaban J connectivity index is -0.000000640. The van der Waals surface area contributed by atoms with Gasteiger partial charge in [-0.3, -0.25) is 4.79 Å². The molecule has 2 heterocycles. The van der Waals surface area contributed by atoms with Crippen LogP contribution in [-0.2, 0) is 9.59 Å². The molecule has 2 rings (SSSR count). The minimum Gasteiger partial charge on any atom is -1.00 e. The number of hydrogen-bond acceptors (Lipinski definition) is 3. The first-order valence-corrected chi connectivity index (χ1v) is 4.91. The fraction of sp³-hybridized carbons (Fsp3) is 0.600. The van der Waals surface area contributed by atoms with Gasteiger partial charge >= 0.3 is 65.1 Å². The molecule has 86 valence electrons. The summed E-state index contributed by atoms with van der Waals surface area (Å²) >= 11 is 0. The SMILES string of the molecule is CC(O)C1C(=O)N2C(C(=O)O)=CC(C)C12.[H-].[H-].[Na+].[Na+]. The van der Waals surface area contributed by atoms with E-state index in [0.29, 0.717) is 0 Å². The summed E-state index contributed by atoms with van der Waals surface area (Å²) in [5.41, 5.74) is 0.0504. The number of carboxylic acids is 1. The summed E-state index contributed by atoms with van der Waals surface area (Å²) in [7, 11) is 0. The summed E-state index contributed by atoms with van der Waals surface area (Å²) in [6.45, 7) is 3.42. The molecule has 0 spiro atoms. The number of amides is 1. The third kappa shape index (κ3) is 2.66. The topological polar surface area (TPSA) is 77.8 Å². The summed E-state index contributed by atoms with van der Waals surface area (Å²) in [6.07, 6.45) is 0.857. The third-order valence-electron chi connectivity index (χ3n) is 3.15. The molecule has 2 N–H and O–H groups in total. The zero-order chi connectivity index (χ0) is 11.3. The molecular formula is C10H15NNa2O4. The van der Waals surface area contributed by atoms with E-state index in [1.807, 2.05) is 6.92 Å². The molecule has 0 aromatic heterocycles. The molecule has 5 nitrogen and oxygen atoms in total. The first-order chi connectivity index (χ1) is 6.95. The van der Waals surface area contributed by atoms with Crippen molar-refractivity contribution < 1.29 is 81.8 Å². The van der Waals surface area contributed by atoms with Crippen molar-refractivity contribution >= 4 is 11.9 Å². The molecule has 4 unspecified atom stereocenters. The van der Waals surface area contributed by atoms with Crippen LogP contribution in [0.3, 0.4) is 0 Å². The normalized spacial score (nSPS) is 31.5. The summed E-state index contributed by atoms with van der Waals surface area (Å²) < 4.78 is 0. The second-order valence-electron chi connectivity index (χ2n) is 4.18. The summed E-state index contributed by atoms with van der Waals surface area (Å²) in [5, 5.41) is 18.3. The first-order valence-electron chi connectivity index (χ1n) is 4.91. The Morgan fingerprint density at radius 2 is 2.06 bits per heavy atom. The Morgan fingerprint density at radius 1 is 1.53 bits per heavy atom. The Bertz CT molecular complexity index is 379. The molecule has 1 fully saturated rings. The molecule has 0 aromatic rings. The van der Waals surface area contributed by atoms with E-state index in [-0.39, 0.29) is 85.5 Å². The fourth-order valence-electron chi connectivity index (χ4n) is 2.47. The fourth-order valence-corrected chi connectivity index (χ4v) is 2.47. The van der Waals surface area contributed by atoms with E-state index in [0.717, 1.165) is 0 Å². The molecule has 0 aliphatic carbocycles. The van der Waals surface area contributed by atoms with Gasteiger partial charge in [0.1, 0.15) is 5.70 Å². The van der Waals surface area contributed by atoms with E-state index in [4.69, 9.17) is 5.11 Å². The van der Waals surface area contributed by atoms with Crippen molar-refractivity contribution in [2.24, 2.45) is 11.8 Å². The molecular weight excluding hydrogens is 244 g/mol. The van der Waals surface area contributed by atoms with Gasteiger partial charge in [0.05, 0.1) is 18.1 Å². The Hall–Kier alpha value is 0.640. The quantitative estimate of drug-likeness (QED) is 0.382. The largest absolute Gasteiger partial charge is 1.00 e. The molecule has 0 bridgehead atoms. The van der Waals surface area contributed by atoms with Crippen LogP contribution in [-0.4, -0.2) is 39.1 Å². The Morgan fingerprint density at radius 3 is 2.47 bits per heavy atom. The summed E-state index contributed by atoms with van der Waals surface area (Å²) in [5.74, 6) is -1.82. The molecule has 4 atom stereocenters. The maximum Gasteiger partial charge on any atom is 1.00 e. The number of carbonyl (C=O) groups is 2. The zero-order valence-corrected chi connectivity index (χ0v) is 14.5. The van der Waals surface area contributed by atoms with Crippen LogP contribution in [0.5, 0.6) is 0 Å². The van der Waals surface area contributed by atoms with E-state index < -0.39 is 18.0 Å². The minimum absolute atomic E-state index is 0. The monoisotopic (exact) mass is 259 g/mol. The van der Waals surface area contributed by atoms with Gasteiger partial charge in [0.15, 0.2) is 0 Å². The zero-order valence-electron chi connectivity index (χ0n) is 12.5. The standard InChI is InChI=1S/C10H13NO4.2Na.2H/c1-4-3-6(10(14)15)11-8(4)7(5(2)12)9(11)13;;;;/h3-5,7-8,12H,1-2H3,(H,14,15);;;;/q;2*+1;2*-1. The van der Waals surface area contributed by atoms with E-state index in [1.165, 1.54) is 4.90 Å². The van der Waals surface area contributed by atoms with Crippen molar-refractivity contribution in [3.05, 3.63) is 11.8 Å². The van der Waals surface area contributed by atoms with Crippen LogP contribution < -0.4 is 59.1 Å². The van der Waals surface area contributed by atoms with Crippen LogP contribution in [0.4, 0.5) is 0 Å². The number of carbonyl (C=O) groups excluding carboxylic acids is 1. The predicted octanol–water partition coefficient (Wildman–Crippen LogP) is -5.95. The number of aliphatic hydroxyl groups excluding tert-OH is 1. The number of nitrogens with zero attached hydrogens (tertiary/aromatic N) is 1. The Kier molecular flexibility index (Phi) is 6.42. The van der Waals surface area contributed by atoms with Gasteiger partial charge < -0.3 is 18.0 Å². The number of rotatable bonds is 2. The van der Waals surface area contributed by atoms with E-state index in [9.17, 15) is 14.7 Å². The molecule has 0 saturated carbocycles. The predicted molar refractivity (Wildman–Crippen MR) is 52.9 cm³/mol. The van der Waals surface area contributed by atoms with Gasteiger partial charge in [-0.05, 0) is 18.9 Å². The van der Waals surface area contributed by atoms with E-state index in [1.54, 1.807) is 13.0 Å². The minimum atomic E-state index is -1.08. The first kappa shape index (κ1) is 17.6. The van der Waals surface area contributed by atoms with Gasteiger partial charge in [-0.15, -0.1) is 0 Å². The number of carboxylic acid groups (broad SMARTS) is 1. The smallest absolute Gasteiger partial charge is 1.00 e. The van der Waals surface area contributed by atoms with E-state index >= 15 is 0 Å². The van der Waals surface area contributed by atoms with Crippen LogP contribution in [0.1, 0.15) is 16.7 Å². The Labute approximate surface area is 147 Å². The maximum atomic E-state index is 11.6. The van der Waals surface area contributed by atoms with Crippen LogP contribution in [0, 0.1) is 11.8 Å². The summed E-state index contributed by atoms with van der Waals surface area (Å²) in [4.78, 5) is 23.7. The van der Waals surface area contributed by atoms with Gasteiger partial charge in [-0.2, -0.15) is 0 Å². The van der Waals surface area contributed by atoms with Crippen LogP contribution in [0.15, 0.2) is 11.8 Å². The van der Waals surface area contributed by atoms with Crippen molar-refractivity contribution in [1.82, 2.24) is 4.90 Å². The molecule has 2 aliphatic heterocycles. The van der Waals surface area contributed by atoms with Crippen molar-refractivity contribution in [3.63, 3.8) is 0 Å². The average molecular weight is 259 g/mol. The van der Waals surface area contributed by atoms with Crippen molar-refractivity contribution in [1.29, 1.82) is 0 Å². The molecule has 0 aromatic carbocycles. The second-order valence-corrected chi connectivity index (χ2v) is 4.18.